The van der Waals surface area contributed by atoms with Gasteiger partial charge < -0.3 is 10.1 Å². The van der Waals surface area contributed by atoms with E-state index in [4.69, 9.17) is 4.74 Å². The van der Waals surface area contributed by atoms with Crippen molar-refractivity contribution in [3.8, 4) is 0 Å². The van der Waals surface area contributed by atoms with Crippen molar-refractivity contribution < 1.29 is 17.9 Å². The number of amides is 1. The molecule has 1 amide bonds. The Morgan fingerprint density at radius 1 is 1.22 bits per heavy atom. The molecule has 1 unspecified atom stereocenters. The lowest BCUT2D eigenvalue weighted by Gasteiger charge is -2.32. The summed E-state index contributed by atoms with van der Waals surface area (Å²) >= 11 is 0. The lowest BCUT2D eigenvalue weighted by atomic mass is 10.1. The molecule has 0 spiro atoms. The van der Waals surface area contributed by atoms with Gasteiger partial charge in [-0.2, -0.15) is 4.31 Å². The molecule has 1 heterocycles. The summed E-state index contributed by atoms with van der Waals surface area (Å²) in [6.07, 6.45) is 0. The van der Waals surface area contributed by atoms with E-state index < -0.39 is 10.0 Å². The quantitative estimate of drug-likeness (QED) is 0.853. The summed E-state index contributed by atoms with van der Waals surface area (Å²) in [5, 5.41) is 2.86. The predicted octanol–water partition coefficient (Wildman–Crippen LogP) is 2.33. The minimum atomic E-state index is -3.59. The van der Waals surface area contributed by atoms with Crippen molar-refractivity contribution in [1.82, 2.24) is 9.62 Å². The average molecular weight is 388 g/mol. The fraction of sp³-hybridized carbons (Fsp3) is 0.350. The van der Waals surface area contributed by atoms with Crippen LogP contribution >= 0.6 is 0 Å². The molecule has 1 fully saturated rings. The number of carbonyl (C=O) groups is 1. The van der Waals surface area contributed by atoms with Crippen molar-refractivity contribution in [2.45, 2.75) is 31.3 Å². The average Bonchev–Trinajstić information content (AvgIpc) is 2.66. The second-order valence-corrected chi connectivity index (χ2v) is 8.63. The van der Waals surface area contributed by atoms with Gasteiger partial charge >= 0.3 is 0 Å². The van der Waals surface area contributed by atoms with Crippen LogP contribution in [0.5, 0.6) is 0 Å². The van der Waals surface area contributed by atoms with E-state index in [-0.39, 0.29) is 16.8 Å². The van der Waals surface area contributed by atoms with E-state index in [0.717, 1.165) is 11.1 Å². The monoisotopic (exact) mass is 388 g/mol. The molecule has 1 aliphatic heterocycles. The Morgan fingerprint density at radius 2 is 1.96 bits per heavy atom. The van der Waals surface area contributed by atoms with Gasteiger partial charge in [-0.05, 0) is 43.7 Å². The molecule has 0 radical (unpaired) electrons. The number of nitrogens with zero attached hydrogens (tertiary/aromatic N) is 1. The first kappa shape index (κ1) is 19.5. The Balaban J connectivity index is 1.68. The van der Waals surface area contributed by atoms with Gasteiger partial charge in [-0.25, -0.2) is 8.42 Å². The third-order valence-electron chi connectivity index (χ3n) is 4.57. The van der Waals surface area contributed by atoms with Gasteiger partial charge in [0.2, 0.25) is 10.0 Å². The maximum Gasteiger partial charge on any atom is 0.251 e. The molecule has 0 aliphatic carbocycles. The molecule has 6 nitrogen and oxygen atoms in total. The maximum absolute atomic E-state index is 12.8. The molecule has 0 bridgehead atoms. The molecule has 3 rings (SSSR count). The SMILES string of the molecule is Cc1cccc(CNC(=O)c2ccc(S(=O)(=O)N3CCOCC3C)cc2)c1. The first-order chi connectivity index (χ1) is 12.9. The number of nitrogens with one attached hydrogen (secondary N) is 1. The van der Waals surface area contributed by atoms with Crippen LogP contribution in [0.3, 0.4) is 0 Å². The number of carbonyl (C=O) groups excluding carboxylic acids is 1. The van der Waals surface area contributed by atoms with Crippen LogP contribution in [0.1, 0.15) is 28.4 Å². The third-order valence-corrected chi connectivity index (χ3v) is 6.59. The Morgan fingerprint density at radius 3 is 2.63 bits per heavy atom. The molecule has 1 aliphatic rings. The Bertz CT molecular complexity index is 910. The van der Waals surface area contributed by atoms with Crippen LogP contribution in [-0.4, -0.2) is 44.4 Å². The van der Waals surface area contributed by atoms with E-state index in [9.17, 15) is 13.2 Å². The number of rotatable bonds is 5. The van der Waals surface area contributed by atoms with E-state index in [1.54, 1.807) is 12.1 Å². The first-order valence-electron chi connectivity index (χ1n) is 8.91. The van der Waals surface area contributed by atoms with Gasteiger partial charge in [-0.1, -0.05) is 29.8 Å². The Kier molecular flexibility index (Phi) is 5.94. The van der Waals surface area contributed by atoms with Crippen LogP contribution < -0.4 is 5.32 Å². The number of aryl methyl sites for hydroxylation is 1. The fourth-order valence-electron chi connectivity index (χ4n) is 3.09. The molecular formula is C20H24N2O4S. The normalized spacial score (nSPS) is 18.2. The largest absolute Gasteiger partial charge is 0.378 e. The van der Waals surface area contributed by atoms with Crippen LogP contribution in [0.4, 0.5) is 0 Å². The topological polar surface area (TPSA) is 75.7 Å². The standard InChI is InChI=1S/C20H24N2O4S/c1-15-4-3-5-17(12-15)13-21-20(23)18-6-8-19(9-7-18)27(24,25)22-10-11-26-14-16(22)2/h3-9,12,16H,10-11,13-14H2,1-2H3,(H,21,23). The van der Waals surface area contributed by atoms with Gasteiger partial charge in [0.05, 0.1) is 18.1 Å². The van der Waals surface area contributed by atoms with E-state index in [2.05, 4.69) is 5.32 Å². The van der Waals surface area contributed by atoms with Gasteiger partial charge in [0.25, 0.3) is 5.91 Å². The van der Waals surface area contributed by atoms with Crippen LogP contribution in [0.15, 0.2) is 53.4 Å². The Hall–Kier alpha value is -2.22. The van der Waals surface area contributed by atoms with Crippen molar-refractivity contribution in [3.63, 3.8) is 0 Å². The molecular weight excluding hydrogens is 364 g/mol. The number of hydrogen-bond donors (Lipinski definition) is 1. The molecule has 0 aromatic heterocycles. The predicted molar refractivity (Wildman–Crippen MR) is 103 cm³/mol. The number of morpholine rings is 1. The van der Waals surface area contributed by atoms with Gasteiger partial charge in [0.15, 0.2) is 0 Å². The van der Waals surface area contributed by atoms with E-state index >= 15 is 0 Å². The first-order valence-corrected chi connectivity index (χ1v) is 10.4. The summed E-state index contributed by atoms with van der Waals surface area (Å²) in [7, 11) is -3.59. The zero-order valence-corrected chi connectivity index (χ0v) is 16.3. The highest BCUT2D eigenvalue weighted by Crippen LogP contribution is 2.21. The summed E-state index contributed by atoms with van der Waals surface area (Å²) in [5.41, 5.74) is 2.58. The summed E-state index contributed by atoms with van der Waals surface area (Å²) in [5.74, 6) is -0.236. The van der Waals surface area contributed by atoms with Crippen LogP contribution in [0.25, 0.3) is 0 Å². The van der Waals surface area contributed by atoms with Crippen LogP contribution in [0.2, 0.25) is 0 Å². The minimum Gasteiger partial charge on any atom is -0.378 e. The number of ether oxygens (including phenoxy) is 1. The summed E-state index contributed by atoms with van der Waals surface area (Å²) < 4.78 is 32.3. The molecule has 1 saturated heterocycles. The third kappa shape index (κ3) is 4.55. The molecule has 1 atom stereocenters. The summed E-state index contributed by atoms with van der Waals surface area (Å²) in [6.45, 7) is 5.36. The summed E-state index contributed by atoms with van der Waals surface area (Å²) in [6, 6.07) is 13.8. The lowest BCUT2D eigenvalue weighted by molar-refractivity contribution is 0.0393. The van der Waals surface area contributed by atoms with Gasteiger partial charge in [0.1, 0.15) is 0 Å². The second kappa shape index (κ2) is 8.21. The highest BCUT2D eigenvalue weighted by Gasteiger charge is 2.31. The van der Waals surface area contributed by atoms with Crippen molar-refractivity contribution in [1.29, 1.82) is 0 Å². The molecule has 2 aromatic rings. The number of sulfonamides is 1. The highest BCUT2D eigenvalue weighted by molar-refractivity contribution is 7.89. The second-order valence-electron chi connectivity index (χ2n) is 6.74. The molecule has 144 valence electrons. The van der Waals surface area contributed by atoms with Crippen molar-refractivity contribution in [3.05, 3.63) is 65.2 Å². The molecule has 7 heteroatoms. The maximum atomic E-state index is 12.8. The zero-order valence-electron chi connectivity index (χ0n) is 15.5. The van der Waals surface area contributed by atoms with Gasteiger partial charge in [0, 0.05) is 24.7 Å². The van der Waals surface area contributed by atoms with Crippen molar-refractivity contribution >= 4 is 15.9 Å². The molecule has 27 heavy (non-hydrogen) atoms. The van der Waals surface area contributed by atoms with Crippen LogP contribution in [-0.2, 0) is 21.3 Å². The van der Waals surface area contributed by atoms with E-state index in [0.29, 0.717) is 31.9 Å². The molecule has 1 N–H and O–H groups in total. The van der Waals surface area contributed by atoms with E-state index in [1.165, 1.54) is 16.4 Å². The minimum absolute atomic E-state index is 0.187. The Labute approximate surface area is 160 Å². The number of benzene rings is 2. The van der Waals surface area contributed by atoms with Crippen LogP contribution in [0, 0.1) is 6.92 Å². The number of hydrogen-bond acceptors (Lipinski definition) is 4. The van der Waals surface area contributed by atoms with E-state index in [1.807, 2.05) is 38.1 Å². The zero-order chi connectivity index (χ0) is 19.4. The molecule has 2 aromatic carbocycles. The van der Waals surface area contributed by atoms with Crippen molar-refractivity contribution in [2.24, 2.45) is 0 Å². The van der Waals surface area contributed by atoms with Gasteiger partial charge in [-0.15, -0.1) is 0 Å². The fourth-order valence-corrected chi connectivity index (χ4v) is 4.69. The smallest absolute Gasteiger partial charge is 0.251 e. The highest BCUT2D eigenvalue weighted by atomic mass is 32.2. The molecule has 0 saturated carbocycles. The van der Waals surface area contributed by atoms with Crippen molar-refractivity contribution in [2.75, 3.05) is 19.8 Å². The summed E-state index contributed by atoms with van der Waals surface area (Å²) in [4.78, 5) is 12.5. The lowest BCUT2D eigenvalue weighted by Crippen LogP contribution is -2.46. The van der Waals surface area contributed by atoms with Gasteiger partial charge in [-0.3, -0.25) is 4.79 Å².